The smallest absolute Gasteiger partial charge is 0.319 e. The number of benzene rings is 2. The molecule has 1 fully saturated rings. The van der Waals surface area contributed by atoms with E-state index < -0.39 is 18.0 Å². The van der Waals surface area contributed by atoms with E-state index >= 15 is 0 Å². The highest BCUT2D eigenvalue weighted by molar-refractivity contribution is 5.96. The topological polar surface area (TPSA) is 83.4 Å². The minimum absolute atomic E-state index is 0.270. The Balaban J connectivity index is 1.62. The van der Waals surface area contributed by atoms with E-state index in [1.54, 1.807) is 36.4 Å². The van der Waals surface area contributed by atoms with Crippen molar-refractivity contribution in [2.45, 2.75) is 6.04 Å². The van der Waals surface area contributed by atoms with Crippen LogP contribution in [0.2, 0.25) is 0 Å². The van der Waals surface area contributed by atoms with Crippen molar-refractivity contribution in [2.24, 2.45) is 5.92 Å². The standard InChI is InChI=1S/C22H18FN3O3/c1-13-19(21(27)25-16-5-3-2-4-6-16)20(26-22(28)24-13)18-12-11-17(29-18)14-7-9-15(23)10-8-14/h2-12,19-20H,1H2,(H,25,27)(H2,24,26,28)/t19-,20-/m0/s1. The normalized spacial score (nSPS) is 18.7. The maximum Gasteiger partial charge on any atom is 0.319 e. The molecule has 6 nitrogen and oxygen atoms in total. The van der Waals surface area contributed by atoms with E-state index in [4.69, 9.17) is 4.42 Å². The third-order valence-corrected chi connectivity index (χ3v) is 4.66. The van der Waals surface area contributed by atoms with Crippen LogP contribution in [0, 0.1) is 11.7 Å². The number of rotatable bonds is 4. The van der Waals surface area contributed by atoms with Gasteiger partial charge in [0.1, 0.15) is 29.3 Å². The van der Waals surface area contributed by atoms with E-state index in [9.17, 15) is 14.0 Å². The van der Waals surface area contributed by atoms with Crippen molar-refractivity contribution >= 4 is 17.6 Å². The fraction of sp³-hybridized carbons (Fsp3) is 0.0909. The second kappa shape index (κ2) is 7.63. The molecule has 2 heterocycles. The maximum atomic E-state index is 13.2. The summed E-state index contributed by atoms with van der Waals surface area (Å²) in [5, 5.41) is 8.11. The molecule has 1 saturated heterocycles. The van der Waals surface area contributed by atoms with Gasteiger partial charge in [0, 0.05) is 16.9 Å². The van der Waals surface area contributed by atoms with Gasteiger partial charge in [0.05, 0.1) is 0 Å². The molecule has 4 rings (SSSR count). The third-order valence-electron chi connectivity index (χ3n) is 4.66. The third kappa shape index (κ3) is 3.89. The van der Waals surface area contributed by atoms with Gasteiger partial charge in [-0.1, -0.05) is 24.8 Å². The number of para-hydroxylation sites is 1. The van der Waals surface area contributed by atoms with Crippen LogP contribution in [0.25, 0.3) is 11.3 Å². The average Bonchev–Trinajstić information content (AvgIpc) is 3.18. The van der Waals surface area contributed by atoms with Gasteiger partial charge in [0.2, 0.25) is 5.91 Å². The lowest BCUT2D eigenvalue weighted by atomic mass is 9.91. The molecule has 0 radical (unpaired) electrons. The van der Waals surface area contributed by atoms with Gasteiger partial charge < -0.3 is 20.4 Å². The molecule has 1 aromatic heterocycles. The van der Waals surface area contributed by atoms with Gasteiger partial charge in [-0.05, 0) is 48.5 Å². The molecule has 2 atom stereocenters. The SMILES string of the molecule is C=C1NC(=O)N[C@@H](c2ccc(-c3ccc(F)cc3)o2)[C@H]1C(=O)Nc1ccccc1. The number of halogens is 1. The molecule has 1 aliphatic rings. The first-order valence-electron chi connectivity index (χ1n) is 8.99. The fourth-order valence-electron chi connectivity index (χ4n) is 3.26. The van der Waals surface area contributed by atoms with E-state index in [0.717, 1.165) is 0 Å². The average molecular weight is 391 g/mol. The predicted octanol–water partition coefficient (Wildman–Crippen LogP) is 4.21. The van der Waals surface area contributed by atoms with Crippen molar-refractivity contribution in [1.29, 1.82) is 0 Å². The van der Waals surface area contributed by atoms with Crippen LogP contribution >= 0.6 is 0 Å². The molecule has 0 unspecified atom stereocenters. The number of amides is 3. The lowest BCUT2D eigenvalue weighted by Gasteiger charge is -2.32. The molecule has 3 amide bonds. The molecule has 7 heteroatoms. The van der Waals surface area contributed by atoms with Crippen molar-refractivity contribution in [3.8, 4) is 11.3 Å². The van der Waals surface area contributed by atoms with E-state index in [-0.39, 0.29) is 17.4 Å². The van der Waals surface area contributed by atoms with Crippen LogP contribution in [-0.2, 0) is 4.79 Å². The molecule has 0 bridgehead atoms. The minimum atomic E-state index is -0.792. The lowest BCUT2D eigenvalue weighted by molar-refractivity contribution is -0.120. The van der Waals surface area contributed by atoms with Crippen LogP contribution in [0.15, 0.2) is 83.4 Å². The second-order valence-corrected chi connectivity index (χ2v) is 6.64. The van der Waals surface area contributed by atoms with Crippen LogP contribution in [0.5, 0.6) is 0 Å². The number of nitrogens with one attached hydrogen (secondary N) is 3. The van der Waals surface area contributed by atoms with Crippen molar-refractivity contribution in [1.82, 2.24) is 10.6 Å². The number of carbonyl (C=O) groups is 2. The highest BCUT2D eigenvalue weighted by Gasteiger charge is 2.39. The summed E-state index contributed by atoms with van der Waals surface area (Å²) in [6.07, 6.45) is 0. The minimum Gasteiger partial charge on any atom is -0.459 e. The Morgan fingerprint density at radius 2 is 1.76 bits per heavy atom. The zero-order chi connectivity index (χ0) is 20.4. The Morgan fingerprint density at radius 3 is 2.48 bits per heavy atom. The molecule has 1 aliphatic heterocycles. The van der Waals surface area contributed by atoms with Gasteiger partial charge >= 0.3 is 6.03 Å². The van der Waals surface area contributed by atoms with Crippen molar-refractivity contribution in [2.75, 3.05) is 5.32 Å². The second-order valence-electron chi connectivity index (χ2n) is 6.64. The van der Waals surface area contributed by atoms with Crippen molar-refractivity contribution in [3.05, 3.63) is 90.6 Å². The van der Waals surface area contributed by atoms with E-state index in [2.05, 4.69) is 22.5 Å². The summed E-state index contributed by atoms with van der Waals surface area (Å²) in [5.41, 5.74) is 1.58. The molecule has 3 aromatic rings. The number of anilines is 1. The summed E-state index contributed by atoms with van der Waals surface area (Å²) in [6.45, 7) is 3.84. The maximum absolute atomic E-state index is 13.2. The van der Waals surface area contributed by atoms with Gasteiger partial charge in [-0.3, -0.25) is 4.79 Å². The Bertz CT molecular complexity index is 1060. The molecule has 0 saturated carbocycles. The Hall–Kier alpha value is -3.87. The molecular weight excluding hydrogens is 373 g/mol. The number of carbonyl (C=O) groups excluding carboxylic acids is 2. The van der Waals surface area contributed by atoms with Gasteiger partial charge in [0.15, 0.2) is 0 Å². The van der Waals surface area contributed by atoms with Gasteiger partial charge in [0.25, 0.3) is 0 Å². The largest absolute Gasteiger partial charge is 0.459 e. The molecule has 29 heavy (non-hydrogen) atoms. The quantitative estimate of drug-likeness (QED) is 0.623. The van der Waals surface area contributed by atoms with Gasteiger partial charge in [-0.15, -0.1) is 0 Å². The molecule has 2 aromatic carbocycles. The molecule has 0 aliphatic carbocycles. The first-order valence-corrected chi connectivity index (χ1v) is 8.99. The van der Waals surface area contributed by atoms with Crippen LogP contribution in [0.3, 0.4) is 0 Å². The Labute approximate surface area is 166 Å². The summed E-state index contributed by atoms with van der Waals surface area (Å²) >= 11 is 0. The van der Waals surface area contributed by atoms with E-state index in [0.29, 0.717) is 22.8 Å². The summed E-state index contributed by atoms with van der Waals surface area (Å²) < 4.78 is 19.1. The monoisotopic (exact) mass is 391 g/mol. The van der Waals surface area contributed by atoms with E-state index in [1.165, 1.54) is 12.1 Å². The Morgan fingerprint density at radius 1 is 1.03 bits per heavy atom. The zero-order valence-corrected chi connectivity index (χ0v) is 15.3. The Kier molecular flexibility index (Phi) is 4.87. The lowest BCUT2D eigenvalue weighted by Crippen LogP contribution is -2.51. The summed E-state index contributed by atoms with van der Waals surface area (Å²) in [4.78, 5) is 24.9. The number of furan rings is 1. The zero-order valence-electron chi connectivity index (χ0n) is 15.3. The van der Waals surface area contributed by atoms with Crippen LogP contribution in [-0.4, -0.2) is 11.9 Å². The first kappa shape index (κ1) is 18.5. The number of urea groups is 1. The van der Waals surface area contributed by atoms with E-state index in [1.807, 2.05) is 18.2 Å². The molecular formula is C22H18FN3O3. The summed E-state index contributed by atoms with van der Waals surface area (Å²) in [6, 6.07) is 17.1. The van der Waals surface area contributed by atoms with Gasteiger partial charge in [-0.2, -0.15) is 0 Å². The number of hydrogen-bond donors (Lipinski definition) is 3. The fourth-order valence-corrected chi connectivity index (χ4v) is 3.26. The molecule has 0 spiro atoms. The highest BCUT2D eigenvalue weighted by Crippen LogP contribution is 2.34. The molecule has 3 N–H and O–H groups in total. The van der Waals surface area contributed by atoms with Crippen molar-refractivity contribution in [3.63, 3.8) is 0 Å². The van der Waals surface area contributed by atoms with Crippen molar-refractivity contribution < 1.29 is 18.4 Å². The predicted molar refractivity (Wildman–Crippen MR) is 106 cm³/mol. The number of hydrogen-bond acceptors (Lipinski definition) is 3. The molecule has 146 valence electrons. The van der Waals surface area contributed by atoms with Gasteiger partial charge in [-0.25, -0.2) is 9.18 Å². The first-order chi connectivity index (χ1) is 14.0. The van der Waals surface area contributed by atoms with Crippen LogP contribution in [0.1, 0.15) is 11.8 Å². The summed E-state index contributed by atoms with van der Waals surface area (Å²) in [5.74, 6) is -0.576. The summed E-state index contributed by atoms with van der Waals surface area (Å²) in [7, 11) is 0. The van der Waals surface area contributed by atoms with Crippen LogP contribution < -0.4 is 16.0 Å². The van der Waals surface area contributed by atoms with Crippen LogP contribution in [0.4, 0.5) is 14.9 Å². The highest BCUT2D eigenvalue weighted by atomic mass is 19.1.